The van der Waals surface area contributed by atoms with Gasteiger partial charge in [-0.2, -0.15) is 0 Å². The molecule has 1 aliphatic carbocycles. The van der Waals surface area contributed by atoms with Crippen LogP contribution in [0.2, 0.25) is 0 Å². The van der Waals surface area contributed by atoms with Crippen molar-refractivity contribution in [1.82, 2.24) is 10.2 Å². The van der Waals surface area contributed by atoms with Gasteiger partial charge in [0.2, 0.25) is 0 Å². The molecule has 4 aliphatic rings. The maximum absolute atomic E-state index is 12.1. The minimum Gasteiger partial charge on any atom is -0.453 e. The van der Waals surface area contributed by atoms with E-state index in [2.05, 4.69) is 35.1 Å². The Hall–Kier alpha value is -2.26. The molecule has 3 heterocycles. The van der Waals surface area contributed by atoms with Crippen LogP contribution in [0.15, 0.2) is 23.3 Å². The first-order valence-electron chi connectivity index (χ1n) is 12.1. The van der Waals surface area contributed by atoms with Gasteiger partial charge in [-0.1, -0.05) is 24.3 Å². The topological polar surface area (TPSA) is 67.9 Å². The molecule has 6 heteroatoms. The van der Waals surface area contributed by atoms with Gasteiger partial charge in [-0.25, -0.2) is 9.59 Å². The monoisotopic (exact) mass is 440 g/mol. The van der Waals surface area contributed by atoms with E-state index in [1.807, 2.05) is 20.8 Å². The SMILES string of the molecule is C[C@H]1C=C(C#CC2CCC(NC(=O)OC(C)(C)C)CC2)C2=CC(=O)OC2C2CCCCN21. The minimum absolute atomic E-state index is 0.142. The number of rotatable bonds is 1. The first-order chi connectivity index (χ1) is 15.2. The van der Waals surface area contributed by atoms with Crippen LogP contribution >= 0.6 is 0 Å². The van der Waals surface area contributed by atoms with Crippen molar-refractivity contribution in [2.45, 2.75) is 102 Å². The van der Waals surface area contributed by atoms with E-state index in [0.717, 1.165) is 49.8 Å². The fourth-order valence-corrected chi connectivity index (χ4v) is 5.34. The molecule has 0 aromatic heterocycles. The molecular formula is C26H36N2O4. The van der Waals surface area contributed by atoms with E-state index >= 15 is 0 Å². The van der Waals surface area contributed by atoms with Crippen molar-refractivity contribution in [2.24, 2.45) is 5.92 Å². The Labute approximate surface area is 191 Å². The number of hydrogen-bond acceptors (Lipinski definition) is 5. The van der Waals surface area contributed by atoms with Gasteiger partial charge in [0.15, 0.2) is 0 Å². The lowest BCUT2D eigenvalue weighted by Crippen LogP contribution is -2.49. The first-order valence-corrected chi connectivity index (χ1v) is 12.1. The zero-order valence-electron chi connectivity index (χ0n) is 19.8. The average Bonchev–Trinajstić information content (AvgIpc) is 3.07. The average molecular weight is 441 g/mol. The summed E-state index contributed by atoms with van der Waals surface area (Å²) in [6.45, 7) is 8.88. The van der Waals surface area contributed by atoms with Crippen LogP contribution in [0.5, 0.6) is 0 Å². The molecule has 2 unspecified atom stereocenters. The third-order valence-electron chi connectivity index (χ3n) is 6.87. The molecule has 1 saturated carbocycles. The number of nitrogens with one attached hydrogen (secondary N) is 1. The zero-order valence-corrected chi connectivity index (χ0v) is 19.8. The molecule has 0 aromatic carbocycles. The highest BCUT2D eigenvalue weighted by molar-refractivity contribution is 5.88. The van der Waals surface area contributed by atoms with Crippen LogP contribution in [0.25, 0.3) is 0 Å². The van der Waals surface area contributed by atoms with Gasteiger partial charge < -0.3 is 14.8 Å². The second kappa shape index (κ2) is 9.31. The van der Waals surface area contributed by atoms with Crippen LogP contribution < -0.4 is 5.32 Å². The Morgan fingerprint density at radius 1 is 1.19 bits per heavy atom. The largest absolute Gasteiger partial charge is 0.453 e. The number of amides is 1. The van der Waals surface area contributed by atoms with Crippen molar-refractivity contribution in [3.05, 3.63) is 23.3 Å². The number of esters is 1. The molecular weight excluding hydrogens is 404 g/mol. The fraction of sp³-hybridized carbons (Fsp3) is 0.692. The summed E-state index contributed by atoms with van der Waals surface area (Å²) in [5.41, 5.74) is 1.43. The smallest absolute Gasteiger partial charge is 0.407 e. The Bertz CT molecular complexity index is 864. The molecule has 0 spiro atoms. The highest BCUT2D eigenvalue weighted by Gasteiger charge is 2.42. The number of piperidine rings is 1. The van der Waals surface area contributed by atoms with E-state index in [1.54, 1.807) is 6.08 Å². The third kappa shape index (κ3) is 5.38. The van der Waals surface area contributed by atoms with Crippen molar-refractivity contribution < 1.29 is 19.1 Å². The van der Waals surface area contributed by atoms with Gasteiger partial charge in [0.25, 0.3) is 0 Å². The number of alkyl carbamates (subject to hydrolysis) is 1. The number of nitrogens with zero attached hydrogens (tertiary/aromatic N) is 1. The summed E-state index contributed by atoms with van der Waals surface area (Å²) in [5, 5.41) is 2.99. The lowest BCUT2D eigenvalue weighted by molar-refractivity contribution is -0.142. The van der Waals surface area contributed by atoms with E-state index < -0.39 is 5.60 Å². The van der Waals surface area contributed by atoms with E-state index in [4.69, 9.17) is 9.47 Å². The Morgan fingerprint density at radius 3 is 2.66 bits per heavy atom. The molecule has 1 N–H and O–H groups in total. The summed E-state index contributed by atoms with van der Waals surface area (Å²) < 4.78 is 11.1. The zero-order chi connectivity index (χ0) is 22.9. The standard InChI is InChI=1S/C26H36N2O4/c1-17-15-19(21-16-23(29)31-24(21)22-7-5-6-14-28(17)22)11-8-18-9-12-20(13-10-18)27-25(30)32-26(2,3)4/h15-18,20,22,24H,5-7,9-10,12-14H2,1-4H3,(H,27,30)/t17-,18?,20?,22?,24?/m0/s1. The lowest BCUT2D eigenvalue weighted by atomic mass is 9.86. The first kappa shape index (κ1) is 22.9. The second-order valence-electron chi connectivity index (χ2n) is 10.5. The lowest BCUT2D eigenvalue weighted by Gasteiger charge is -2.40. The van der Waals surface area contributed by atoms with Crippen molar-refractivity contribution in [2.75, 3.05) is 6.54 Å². The van der Waals surface area contributed by atoms with Crippen LogP contribution in [0.1, 0.15) is 72.6 Å². The summed E-state index contributed by atoms with van der Waals surface area (Å²) in [6.07, 6.45) is 10.5. The van der Waals surface area contributed by atoms with Crippen LogP contribution in [0.3, 0.4) is 0 Å². The van der Waals surface area contributed by atoms with Crippen molar-refractivity contribution >= 4 is 12.1 Å². The van der Waals surface area contributed by atoms with Crippen LogP contribution in [0.4, 0.5) is 4.79 Å². The van der Waals surface area contributed by atoms with Gasteiger partial charge >= 0.3 is 12.1 Å². The van der Waals surface area contributed by atoms with Crippen LogP contribution in [-0.2, 0) is 14.3 Å². The predicted octanol–water partition coefficient (Wildman–Crippen LogP) is 4.11. The summed E-state index contributed by atoms with van der Waals surface area (Å²) in [6, 6.07) is 0.675. The number of carbonyl (C=O) groups is 2. The summed E-state index contributed by atoms with van der Waals surface area (Å²) >= 11 is 0. The van der Waals surface area contributed by atoms with Gasteiger partial charge in [-0.3, -0.25) is 4.90 Å². The van der Waals surface area contributed by atoms with Gasteiger partial charge in [-0.15, -0.1) is 0 Å². The van der Waals surface area contributed by atoms with Gasteiger partial charge in [0, 0.05) is 35.2 Å². The highest BCUT2D eigenvalue weighted by Crippen LogP contribution is 2.36. The van der Waals surface area contributed by atoms with Crippen molar-refractivity contribution in [3.8, 4) is 11.8 Å². The molecule has 0 bridgehead atoms. The second-order valence-corrected chi connectivity index (χ2v) is 10.5. The van der Waals surface area contributed by atoms with E-state index in [0.29, 0.717) is 5.92 Å². The number of carbonyl (C=O) groups excluding carboxylic acids is 2. The van der Waals surface area contributed by atoms with E-state index in [1.165, 1.54) is 12.8 Å². The fourth-order valence-electron chi connectivity index (χ4n) is 5.34. The molecule has 3 atom stereocenters. The molecule has 3 aliphatic heterocycles. The number of fused-ring (bicyclic) bond motifs is 3. The molecule has 32 heavy (non-hydrogen) atoms. The molecule has 1 amide bonds. The molecule has 0 radical (unpaired) electrons. The Kier molecular flexibility index (Phi) is 6.67. The molecule has 0 aromatic rings. The van der Waals surface area contributed by atoms with Gasteiger partial charge in [0.05, 0.1) is 6.04 Å². The molecule has 1 saturated heterocycles. The van der Waals surface area contributed by atoms with Crippen molar-refractivity contribution in [3.63, 3.8) is 0 Å². The number of hydrogen-bond donors (Lipinski definition) is 1. The summed E-state index contributed by atoms with van der Waals surface area (Å²) in [4.78, 5) is 26.6. The summed E-state index contributed by atoms with van der Waals surface area (Å²) in [7, 11) is 0. The van der Waals surface area contributed by atoms with Crippen LogP contribution in [-0.4, -0.2) is 53.3 Å². The van der Waals surface area contributed by atoms with Gasteiger partial charge in [0.1, 0.15) is 11.7 Å². The number of ether oxygens (including phenoxy) is 2. The molecule has 4 rings (SSSR count). The highest BCUT2D eigenvalue weighted by atomic mass is 16.6. The van der Waals surface area contributed by atoms with Gasteiger partial charge in [-0.05, 0) is 72.8 Å². The Balaban J connectivity index is 1.40. The normalized spacial score (nSPS) is 32.8. The molecule has 174 valence electrons. The van der Waals surface area contributed by atoms with E-state index in [9.17, 15) is 9.59 Å². The maximum atomic E-state index is 12.1. The maximum Gasteiger partial charge on any atom is 0.407 e. The molecule has 6 nitrogen and oxygen atoms in total. The third-order valence-corrected chi connectivity index (χ3v) is 6.87. The van der Waals surface area contributed by atoms with E-state index in [-0.39, 0.29) is 36.3 Å². The predicted molar refractivity (Wildman–Crippen MR) is 123 cm³/mol. The Morgan fingerprint density at radius 2 is 1.94 bits per heavy atom. The molecule has 2 fully saturated rings. The minimum atomic E-state index is -0.484. The van der Waals surface area contributed by atoms with Crippen LogP contribution in [0, 0.1) is 17.8 Å². The van der Waals surface area contributed by atoms with Crippen molar-refractivity contribution in [1.29, 1.82) is 0 Å². The quantitative estimate of drug-likeness (QED) is 0.491. The summed E-state index contributed by atoms with van der Waals surface area (Å²) in [5.74, 6) is 6.95.